The highest BCUT2D eigenvalue weighted by Gasteiger charge is 2.33. The second-order valence-electron chi connectivity index (χ2n) is 6.77. The van der Waals surface area contributed by atoms with Crippen LogP contribution in [-0.2, 0) is 6.18 Å². The first kappa shape index (κ1) is 19.0. The standard InChI is InChI=1S/C20H16F3N3O3/c21-20(22,23)16-4-2-1-3-14(16)17-7-11-5-6-13(8-15(11)18(28)25-17)26-9-12(10-27)24-19(26)29/h1-8,12,27H,9-10H2,(H,24,29)(H,25,28). The molecule has 9 heteroatoms. The molecule has 1 saturated heterocycles. The van der Waals surface area contributed by atoms with Gasteiger partial charge in [-0.05, 0) is 29.7 Å². The van der Waals surface area contributed by atoms with Crippen molar-refractivity contribution >= 4 is 22.5 Å². The number of fused-ring (bicyclic) bond motifs is 1. The van der Waals surface area contributed by atoms with Crippen molar-refractivity contribution in [3.8, 4) is 11.3 Å². The number of pyridine rings is 1. The van der Waals surface area contributed by atoms with E-state index in [2.05, 4.69) is 10.3 Å². The Balaban J connectivity index is 1.79. The zero-order chi connectivity index (χ0) is 20.8. The fourth-order valence-corrected chi connectivity index (χ4v) is 3.45. The molecule has 1 fully saturated rings. The second-order valence-corrected chi connectivity index (χ2v) is 6.77. The molecule has 0 saturated carbocycles. The molecule has 0 bridgehead atoms. The average molecular weight is 403 g/mol. The molecule has 1 aliphatic heterocycles. The molecule has 0 spiro atoms. The van der Waals surface area contributed by atoms with E-state index in [-0.39, 0.29) is 29.8 Å². The Hall–Kier alpha value is -3.33. The number of nitrogens with zero attached hydrogens (tertiary/aromatic N) is 1. The van der Waals surface area contributed by atoms with Gasteiger partial charge in [0.2, 0.25) is 0 Å². The number of alkyl halides is 3. The lowest BCUT2D eigenvalue weighted by Gasteiger charge is -2.16. The van der Waals surface area contributed by atoms with Crippen molar-refractivity contribution in [1.29, 1.82) is 0 Å². The van der Waals surface area contributed by atoms with Gasteiger partial charge >= 0.3 is 12.2 Å². The van der Waals surface area contributed by atoms with Gasteiger partial charge in [0.15, 0.2) is 0 Å². The topological polar surface area (TPSA) is 85.4 Å². The van der Waals surface area contributed by atoms with Crippen molar-refractivity contribution < 1.29 is 23.1 Å². The zero-order valence-corrected chi connectivity index (χ0v) is 15.0. The van der Waals surface area contributed by atoms with Gasteiger partial charge in [0.05, 0.1) is 24.8 Å². The number of hydrogen-bond acceptors (Lipinski definition) is 3. The number of nitrogens with one attached hydrogen (secondary N) is 2. The van der Waals surface area contributed by atoms with Gasteiger partial charge in [-0.1, -0.05) is 24.3 Å². The minimum atomic E-state index is -4.56. The Morgan fingerprint density at radius 2 is 1.86 bits per heavy atom. The number of rotatable bonds is 3. The van der Waals surface area contributed by atoms with Crippen molar-refractivity contribution in [2.75, 3.05) is 18.1 Å². The van der Waals surface area contributed by atoms with E-state index in [1.54, 1.807) is 12.1 Å². The molecule has 3 N–H and O–H groups in total. The van der Waals surface area contributed by atoms with Gasteiger partial charge in [0.25, 0.3) is 5.56 Å². The maximum atomic E-state index is 13.3. The molecule has 1 aromatic heterocycles. The van der Waals surface area contributed by atoms with Crippen LogP contribution in [0.5, 0.6) is 0 Å². The van der Waals surface area contributed by atoms with Crippen molar-refractivity contribution in [1.82, 2.24) is 10.3 Å². The normalized spacial score (nSPS) is 17.0. The molecular weight excluding hydrogens is 387 g/mol. The maximum absolute atomic E-state index is 13.3. The number of aliphatic hydroxyl groups excluding tert-OH is 1. The van der Waals surface area contributed by atoms with E-state index >= 15 is 0 Å². The summed E-state index contributed by atoms with van der Waals surface area (Å²) in [5.74, 6) is 0. The largest absolute Gasteiger partial charge is 0.417 e. The van der Waals surface area contributed by atoms with Crippen molar-refractivity contribution in [2.45, 2.75) is 12.2 Å². The molecule has 0 aliphatic carbocycles. The van der Waals surface area contributed by atoms with Gasteiger partial charge in [0, 0.05) is 22.3 Å². The first-order chi connectivity index (χ1) is 13.8. The van der Waals surface area contributed by atoms with Crippen LogP contribution in [0.4, 0.5) is 23.7 Å². The molecule has 3 aromatic rings. The van der Waals surface area contributed by atoms with E-state index in [1.165, 1.54) is 35.2 Å². The summed E-state index contributed by atoms with van der Waals surface area (Å²) in [6.07, 6.45) is -4.56. The first-order valence-electron chi connectivity index (χ1n) is 8.80. The fraction of sp³-hybridized carbons (Fsp3) is 0.200. The third-order valence-electron chi connectivity index (χ3n) is 4.86. The molecule has 2 amide bonds. The fourth-order valence-electron chi connectivity index (χ4n) is 3.45. The van der Waals surface area contributed by atoms with Gasteiger partial charge in [0.1, 0.15) is 0 Å². The number of hydrogen-bond donors (Lipinski definition) is 3. The monoisotopic (exact) mass is 403 g/mol. The number of benzene rings is 2. The SMILES string of the molecule is O=C1NC(CO)CN1c1ccc2cc(-c3ccccc3C(F)(F)F)[nH]c(=O)c2c1. The van der Waals surface area contributed by atoms with E-state index in [9.17, 15) is 27.9 Å². The quantitative estimate of drug-likeness (QED) is 0.628. The molecule has 4 rings (SSSR count). The summed E-state index contributed by atoms with van der Waals surface area (Å²) in [7, 11) is 0. The van der Waals surface area contributed by atoms with E-state index in [1.807, 2.05) is 0 Å². The Labute approximate surface area is 162 Å². The number of carbonyl (C=O) groups is 1. The summed E-state index contributed by atoms with van der Waals surface area (Å²) in [6.45, 7) is 0.0359. The summed E-state index contributed by atoms with van der Waals surface area (Å²) in [5, 5.41) is 12.5. The van der Waals surface area contributed by atoms with Crippen LogP contribution in [0.3, 0.4) is 0 Å². The zero-order valence-electron chi connectivity index (χ0n) is 15.0. The highest BCUT2D eigenvalue weighted by atomic mass is 19.4. The van der Waals surface area contributed by atoms with Crippen molar-refractivity contribution in [3.63, 3.8) is 0 Å². The number of aliphatic hydroxyl groups is 1. The summed E-state index contributed by atoms with van der Waals surface area (Å²) in [6, 6.07) is 10.4. The Morgan fingerprint density at radius 3 is 2.55 bits per heavy atom. The van der Waals surface area contributed by atoms with E-state index in [0.717, 1.165) is 6.07 Å². The summed E-state index contributed by atoms with van der Waals surface area (Å²) < 4.78 is 40.0. The van der Waals surface area contributed by atoms with Crippen LogP contribution < -0.4 is 15.8 Å². The minimum absolute atomic E-state index is 0.0578. The van der Waals surface area contributed by atoms with Gasteiger partial charge < -0.3 is 15.4 Å². The second kappa shape index (κ2) is 6.93. The number of amides is 2. The third kappa shape index (κ3) is 3.44. The van der Waals surface area contributed by atoms with Crippen molar-refractivity contribution in [3.05, 3.63) is 64.4 Å². The number of aromatic nitrogens is 1. The average Bonchev–Trinajstić information content (AvgIpc) is 3.08. The maximum Gasteiger partial charge on any atom is 0.417 e. The highest BCUT2D eigenvalue weighted by molar-refractivity contribution is 5.97. The lowest BCUT2D eigenvalue weighted by atomic mass is 10.0. The third-order valence-corrected chi connectivity index (χ3v) is 4.86. The highest BCUT2D eigenvalue weighted by Crippen LogP contribution is 2.36. The predicted octanol–water partition coefficient (Wildman–Crippen LogP) is 3.10. The molecule has 6 nitrogen and oxygen atoms in total. The van der Waals surface area contributed by atoms with Crippen LogP contribution in [0.1, 0.15) is 5.56 Å². The van der Waals surface area contributed by atoms with Crippen LogP contribution in [0.2, 0.25) is 0 Å². The van der Waals surface area contributed by atoms with Crippen LogP contribution in [-0.4, -0.2) is 35.3 Å². The van der Waals surface area contributed by atoms with Gasteiger partial charge in [-0.3, -0.25) is 9.69 Å². The van der Waals surface area contributed by atoms with Crippen LogP contribution in [0.25, 0.3) is 22.0 Å². The summed E-state index contributed by atoms with van der Waals surface area (Å²) in [4.78, 5) is 28.6. The molecule has 0 radical (unpaired) electrons. The molecule has 150 valence electrons. The van der Waals surface area contributed by atoms with Gasteiger partial charge in [-0.15, -0.1) is 0 Å². The summed E-state index contributed by atoms with van der Waals surface area (Å²) in [5.41, 5.74) is -1.000. The Kier molecular flexibility index (Phi) is 4.54. The molecule has 29 heavy (non-hydrogen) atoms. The minimum Gasteiger partial charge on any atom is -0.394 e. The summed E-state index contributed by atoms with van der Waals surface area (Å²) >= 11 is 0. The van der Waals surface area contributed by atoms with E-state index in [0.29, 0.717) is 11.1 Å². The van der Waals surface area contributed by atoms with Crippen LogP contribution in [0, 0.1) is 0 Å². The number of aromatic amines is 1. The lowest BCUT2D eigenvalue weighted by molar-refractivity contribution is -0.137. The molecular formula is C20H16F3N3O3. The first-order valence-corrected chi connectivity index (χ1v) is 8.80. The molecule has 2 aromatic carbocycles. The van der Waals surface area contributed by atoms with E-state index in [4.69, 9.17) is 0 Å². The number of anilines is 1. The van der Waals surface area contributed by atoms with Crippen molar-refractivity contribution in [2.24, 2.45) is 0 Å². The Bertz CT molecular complexity index is 1160. The number of urea groups is 1. The molecule has 1 atom stereocenters. The van der Waals surface area contributed by atoms with Crippen LogP contribution in [0.15, 0.2) is 53.3 Å². The molecule has 1 unspecified atom stereocenters. The van der Waals surface area contributed by atoms with Gasteiger partial charge in [-0.2, -0.15) is 13.2 Å². The van der Waals surface area contributed by atoms with E-state index < -0.39 is 29.4 Å². The molecule has 1 aliphatic rings. The lowest BCUT2D eigenvalue weighted by Crippen LogP contribution is -2.30. The number of H-pyrrole nitrogens is 1. The van der Waals surface area contributed by atoms with Gasteiger partial charge in [-0.25, -0.2) is 4.79 Å². The smallest absolute Gasteiger partial charge is 0.394 e. The molecule has 2 heterocycles. The number of carbonyl (C=O) groups excluding carboxylic acids is 1. The Morgan fingerprint density at radius 1 is 1.10 bits per heavy atom. The van der Waals surface area contributed by atoms with Crippen LogP contribution >= 0.6 is 0 Å². The number of halogens is 3. The predicted molar refractivity (Wildman–Crippen MR) is 102 cm³/mol.